The topological polar surface area (TPSA) is 81.4 Å². The summed E-state index contributed by atoms with van der Waals surface area (Å²) in [5.41, 5.74) is 1.64. The molecule has 1 amide bonds. The van der Waals surface area contributed by atoms with Crippen LogP contribution in [0.1, 0.15) is 22.5 Å². The third-order valence-corrected chi connectivity index (χ3v) is 4.11. The van der Waals surface area contributed by atoms with E-state index < -0.39 is 5.97 Å². The summed E-state index contributed by atoms with van der Waals surface area (Å²) in [6.07, 6.45) is 1.43. The Morgan fingerprint density at radius 1 is 1.23 bits per heavy atom. The van der Waals surface area contributed by atoms with Crippen LogP contribution in [0.5, 0.6) is 0 Å². The number of oxazole rings is 1. The zero-order valence-corrected chi connectivity index (χ0v) is 14.4. The first-order valence-corrected chi connectivity index (χ1v) is 8.72. The van der Waals surface area contributed by atoms with Crippen LogP contribution in [0.3, 0.4) is 0 Å². The number of esters is 1. The number of ether oxygens (including phenoxy) is 1. The van der Waals surface area contributed by atoms with Gasteiger partial charge in [0.25, 0.3) is 5.91 Å². The molecule has 0 spiro atoms. The normalized spacial score (nSPS) is 10.5. The minimum absolute atomic E-state index is 0.0397. The summed E-state index contributed by atoms with van der Waals surface area (Å²) in [5, 5.41) is 6.19. The summed E-state index contributed by atoms with van der Waals surface area (Å²) in [5.74, 6) is -0.707. The van der Waals surface area contributed by atoms with Crippen molar-refractivity contribution in [1.82, 2.24) is 10.3 Å². The number of benzene rings is 1. The Morgan fingerprint density at radius 2 is 2.04 bits per heavy atom. The summed E-state index contributed by atoms with van der Waals surface area (Å²) >= 11 is 1.43. The van der Waals surface area contributed by atoms with Gasteiger partial charge in [0.05, 0.1) is 6.42 Å². The molecule has 6 nitrogen and oxygen atoms in total. The Bertz CT molecular complexity index is 875. The Hall–Kier alpha value is -3.00. The Labute approximate surface area is 152 Å². The maximum Gasteiger partial charge on any atom is 0.307 e. The molecule has 0 unspecified atom stereocenters. The number of hydrogen-bond acceptors (Lipinski definition) is 6. The second-order valence-corrected chi connectivity index (χ2v) is 6.11. The second-order valence-electron chi connectivity index (χ2n) is 5.33. The molecule has 3 aromatic rings. The second kappa shape index (κ2) is 8.39. The van der Waals surface area contributed by atoms with Crippen LogP contribution in [0.25, 0.3) is 11.5 Å². The van der Waals surface area contributed by atoms with E-state index in [4.69, 9.17) is 9.15 Å². The average Bonchev–Trinajstić information content (AvgIpc) is 3.32. The maximum atomic E-state index is 12.9. The number of rotatable bonds is 7. The monoisotopic (exact) mass is 374 g/mol. The van der Waals surface area contributed by atoms with Gasteiger partial charge in [0.15, 0.2) is 0 Å². The van der Waals surface area contributed by atoms with Crippen LogP contribution in [-0.4, -0.2) is 23.4 Å². The fourth-order valence-electron chi connectivity index (χ4n) is 2.10. The van der Waals surface area contributed by atoms with E-state index in [-0.39, 0.29) is 31.3 Å². The molecule has 134 valence electrons. The number of thiophene rings is 1. The summed E-state index contributed by atoms with van der Waals surface area (Å²) in [7, 11) is 0. The van der Waals surface area contributed by atoms with Gasteiger partial charge in [-0.1, -0.05) is 0 Å². The number of halogens is 1. The van der Waals surface area contributed by atoms with Gasteiger partial charge in [-0.2, -0.15) is 11.3 Å². The van der Waals surface area contributed by atoms with Gasteiger partial charge in [-0.05, 0) is 35.7 Å². The number of carbonyl (C=O) groups excluding carboxylic acids is 2. The van der Waals surface area contributed by atoms with Crippen LogP contribution in [0.4, 0.5) is 4.39 Å². The fraction of sp³-hybridized carbons (Fsp3) is 0.167. The lowest BCUT2D eigenvalue weighted by molar-refractivity contribution is -0.144. The molecule has 26 heavy (non-hydrogen) atoms. The first-order chi connectivity index (χ1) is 12.6. The summed E-state index contributed by atoms with van der Waals surface area (Å²) in [4.78, 5) is 27.6. The van der Waals surface area contributed by atoms with E-state index in [2.05, 4.69) is 10.3 Å². The van der Waals surface area contributed by atoms with E-state index in [0.717, 1.165) is 0 Å². The van der Waals surface area contributed by atoms with E-state index in [1.54, 1.807) is 29.0 Å². The quantitative estimate of drug-likeness (QED) is 0.641. The van der Waals surface area contributed by atoms with E-state index >= 15 is 0 Å². The largest absolute Gasteiger partial charge is 0.459 e. The van der Waals surface area contributed by atoms with Gasteiger partial charge < -0.3 is 14.5 Å². The number of nitrogens with one attached hydrogen (secondary N) is 1. The van der Waals surface area contributed by atoms with Crippen LogP contribution in [0, 0.1) is 5.82 Å². The molecular formula is C18H15FN2O4S. The average molecular weight is 374 g/mol. The highest BCUT2D eigenvalue weighted by atomic mass is 32.1. The van der Waals surface area contributed by atoms with Crippen molar-refractivity contribution < 1.29 is 23.1 Å². The van der Waals surface area contributed by atoms with Crippen molar-refractivity contribution in [1.29, 1.82) is 0 Å². The smallest absolute Gasteiger partial charge is 0.307 e. The van der Waals surface area contributed by atoms with E-state index in [1.807, 2.05) is 0 Å². The molecule has 0 aliphatic rings. The Balaban J connectivity index is 1.42. The molecule has 8 heteroatoms. The molecular weight excluding hydrogens is 359 g/mol. The van der Waals surface area contributed by atoms with Crippen molar-refractivity contribution in [2.24, 2.45) is 0 Å². The number of aromatic nitrogens is 1. The molecule has 0 saturated heterocycles. The molecule has 0 aliphatic heterocycles. The molecule has 0 bridgehead atoms. The molecule has 1 aromatic carbocycles. The molecule has 0 radical (unpaired) electrons. The van der Waals surface area contributed by atoms with Gasteiger partial charge in [-0.25, -0.2) is 9.37 Å². The highest BCUT2D eigenvalue weighted by Crippen LogP contribution is 2.19. The van der Waals surface area contributed by atoms with Crippen LogP contribution >= 0.6 is 11.3 Å². The van der Waals surface area contributed by atoms with Crippen molar-refractivity contribution in [3.05, 3.63) is 64.4 Å². The summed E-state index contributed by atoms with van der Waals surface area (Å²) in [6, 6.07) is 7.43. The van der Waals surface area contributed by atoms with Crippen molar-refractivity contribution in [2.75, 3.05) is 6.54 Å². The molecule has 2 heterocycles. The predicted octanol–water partition coefficient (Wildman–Crippen LogP) is 3.41. The van der Waals surface area contributed by atoms with Gasteiger partial charge in [0.1, 0.15) is 24.4 Å². The summed E-state index contributed by atoms with van der Waals surface area (Å²) < 4.78 is 23.3. The lowest BCUT2D eigenvalue weighted by Crippen LogP contribution is -2.26. The van der Waals surface area contributed by atoms with Gasteiger partial charge in [0, 0.05) is 23.1 Å². The first kappa shape index (κ1) is 17.8. The fourth-order valence-corrected chi connectivity index (χ4v) is 2.73. The van der Waals surface area contributed by atoms with Crippen molar-refractivity contribution >= 4 is 23.2 Å². The zero-order valence-electron chi connectivity index (χ0n) is 13.6. The SMILES string of the molecule is O=C(CCNC(=O)c1ccsc1)OCc1coc(-c2ccc(F)cc2)n1. The molecule has 0 saturated carbocycles. The third kappa shape index (κ3) is 4.76. The standard InChI is InChI=1S/C18H15FN2O4S/c19-14-3-1-12(2-4-14)18-21-15(10-25-18)9-24-16(22)5-7-20-17(23)13-6-8-26-11-13/h1-4,6,8,10-11H,5,7,9H2,(H,20,23). The molecule has 0 fully saturated rings. The molecule has 2 aromatic heterocycles. The molecule has 0 aliphatic carbocycles. The van der Waals surface area contributed by atoms with Crippen LogP contribution in [0.15, 0.2) is 51.8 Å². The van der Waals surface area contributed by atoms with Crippen LogP contribution < -0.4 is 5.32 Å². The van der Waals surface area contributed by atoms with E-state index in [0.29, 0.717) is 22.7 Å². The lowest BCUT2D eigenvalue weighted by Gasteiger charge is -2.04. The summed E-state index contributed by atoms with van der Waals surface area (Å²) in [6.45, 7) is 0.148. The highest BCUT2D eigenvalue weighted by Gasteiger charge is 2.11. The van der Waals surface area contributed by atoms with E-state index in [1.165, 1.54) is 29.7 Å². The minimum Gasteiger partial charge on any atom is -0.459 e. The Kier molecular flexibility index (Phi) is 5.75. The first-order valence-electron chi connectivity index (χ1n) is 7.78. The van der Waals surface area contributed by atoms with E-state index in [9.17, 15) is 14.0 Å². The molecule has 3 rings (SSSR count). The number of nitrogens with zero attached hydrogens (tertiary/aromatic N) is 1. The zero-order chi connectivity index (χ0) is 18.4. The van der Waals surface area contributed by atoms with Crippen LogP contribution in [-0.2, 0) is 16.1 Å². The predicted molar refractivity (Wildman–Crippen MR) is 93.0 cm³/mol. The van der Waals surface area contributed by atoms with Crippen molar-refractivity contribution in [3.8, 4) is 11.5 Å². The van der Waals surface area contributed by atoms with Crippen LogP contribution in [0.2, 0.25) is 0 Å². The molecule has 0 atom stereocenters. The number of hydrogen-bond donors (Lipinski definition) is 1. The van der Waals surface area contributed by atoms with Crippen molar-refractivity contribution in [3.63, 3.8) is 0 Å². The molecule has 1 N–H and O–H groups in total. The highest BCUT2D eigenvalue weighted by molar-refractivity contribution is 7.08. The Morgan fingerprint density at radius 3 is 2.77 bits per heavy atom. The lowest BCUT2D eigenvalue weighted by atomic mass is 10.2. The maximum absolute atomic E-state index is 12.9. The minimum atomic E-state index is -0.457. The van der Waals surface area contributed by atoms with Gasteiger partial charge in [-0.3, -0.25) is 9.59 Å². The number of carbonyl (C=O) groups is 2. The van der Waals surface area contributed by atoms with Gasteiger partial charge in [-0.15, -0.1) is 0 Å². The number of amides is 1. The third-order valence-electron chi connectivity index (χ3n) is 3.42. The van der Waals surface area contributed by atoms with Gasteiger partial charge in [0.2, 0.25) is 5.89 Å². The van der Waals surface area contributed by atoms with Gasteiger partial charge >= 0.3 is 5.97 Å². The van der Waals surface area contributed by atoms with Crippen molar-refractivity contribution in [2.45, 2.75) is 13.0 Å².